The molecule has 3 N–H and O–H groups in total. The zero-order chi connectivity index (χ0) is 12.2. The molecule has 0 aliphatic heterocycles. The maximum atomic E-state index is 13.0. The fourth-order valence-corrected chi connectivity index (χ4v) is 1.34. The number of aliphatic hydroxyl groups is 1. The molecule has 0 saturated carbocycles. The lowest BCUT2D eigenvalue weighted by atomic mass is 10.0. The van der Waals surface area contributed by atoms with Crippen molar-refractivity contribution < 1.29 is 9.50 Å². The van der Waals surface area contributed by atoms with E-state index in [1.807, 2.05) is 18.0 Å². The lowest BCUT2D eigenvalue weighted by Crippen LogP contribution is -2.43. The molecule has 1 unspecified atom stereocenters. The highest BCUT2D eigenvalue weighted by Gasteiger charge is 2.17. The molecule has 0 amide bonds. The molecule has 0 spiro atoms. The minimum absolute atomic E-state index is 0.0516. The largest absolute Gasteiger partial charge is 0.394 e. The minimum atomic E-state index is -0.582. The fourth-order valence-electron chi connectivity index (χ4n) is 1.34. The highest BCUT2D eigenvalue weighted by atomic mass is 19.1. The molecule has 1 atom stereocenters. The number of anilines is 1. The Morgan fingerprint density at radius 2 is 2.19 bits per heavy atom. The molecular formula is C12H19FN2O. The van der Waals surface area contributed by atoms with Gasteiger partial charge in [0.2, 0.25) is 0 Å². The van der Waals surface area contributed by atoms with Crippen molar-refractivity contribution in [2.45, 2.75) is 18.9 Å². The SMILES string of the molecule is CN(CCC(C)(N)CO)c1cccc(F)c1. The van der Waals surface area contributed by atoms with E-state index in [4.69, 9.17) is 10.8 Å². The first-order chi connectivity index (χ1) is 7.44. The van der Waals surface area contributed by atoms with Crippen LogP contribution in [-0.2, 0) is 0 Å². The van der Waals surface area contributed by atoms with Gasteiger partial charge in [-0.05, 0) is 31.5 Å². The van der Waals surface area contributed by atoms with Gasteiger partial charge in [-0.3, -0.25) is 0 Å². The second-order valence-corrected chi connectivity index (χ2v) is 4.46. The van der Waals surface area contributed by atoms with E-state index in [-0.39, 0.29) is 12.4 Å². The van der Waals surface area contributed by atoms with E-state index in [2.05, 4.69) is 0 Å². The third-order valence-electron chi connectivity index (χ3n) is 2.63. The van der Waals surface area contributed by atoms with Crippen LogP contribution in [0.4, 0.5) is 10.1 Å². The second-order valence-electron chi connectivity index (χ2n) is 4.46. The average molecular weight is 226 g/mol. The van der Waals surface area contributed by atoms with Crippen LogP contribution in [0, 0.1) is 5.82 Å². The summed E-state index contributed by atoms with van der Waals surface area (Å²) in [6.45, 7) is 2.42. The Labute approximate surface area is 95.7 Å². The lowest BCUT2D eigenvalue weighted by molar-refractivity contribution is 0.202. The summed E-state index contributed by atoms with van der Waals surface area (Å²) in [5.74, 6) is -0.248. The van der Waals surface area contributed by atoms with Crippen LogP contribution in [0.1, 0.15) is 13.3 Å². The van der Waals surface area contributed by atoms with Crippen molar-refractivity contribution in [3.8, 4) is 0 Å². The van der Waals surface area contributed by atoms with Crippen LogP contribution in [-0.4, -0.2) is 30.8 Å². The molecule has 0 aliphatic rings. The van der Waals surface area contributed by atoms with E-state index in [1.54, 1.807) is 13.0 Å². The average Bonchev–Trinajstić information content (AvgIpc) is 2.26. The molecule has 0 aromatic heterocycles. The Balaban J connectivity index is 2.56. The maximum absolute atomic E-state index is 13.0. The van der Waals surface area contributed by atoms with Crippen LogP contribution < -0.4 is 10.6 Å². The quantitative estimate of drug-likeness (QED) is 0.797. The van der Waals surface area contributed by atoms with Gasteiger partial charge in [0.05, 0.1) is 6.61 Å². The van der Waals surface area contributed by atoms with E-state index in [0.717, 1.165) is 5.69 Å². The molecule has 0 saturated heterocycles. The normalized spacial score (nSPS) is 14.6. The number of nitrogens with two attached hydrogens (primary N) is 1. The molecule has 0 fully saturated rings. The predicted molar refractivity (Wildman–Crippen MR) is 64.0 cm³/mol. The zero-order valence-corrected chi connectivity index (χ0v) is 9.78. The number of hydrogen-bond donors (Lipinski definition) is 2. The minimum Gasteiger partial charge on any atom is -0.394 e. The highest BCUT2D eigenvalue weighted by Crippen LogP contribution is 2.15. The topological polar surface area (TPSA) is 49.5 Å². The number of rotatable bonds is 5. The van der Waals surface area contributed by atoms with Gasteiger partial charge in [0.15, 0.2) is 0 Å². The molecule has 0 radical (unpaired) electrons. The molecule has 0 bridgehead atoms. The molecular weight excluding hydrogens is 207 g/mol. The van der Waals surface area contributed by atoms with Crippen LogP contribution in [0.3, 0.4) is 0 Å². The molecule has 16 heavy (non-hydrogen) atoms. The lowest BCUT2D eigenvalue weighted by Gasteiger charge is -2.26. The van der Waals surface area contributed by atoms with Gasteiger partial charge in [-0.25, -0.2) is 4.39 Å². The van der Waals surface area contributed by atoms with E-state index >= 15 is 0 Å². The second kappa shape index (κ2) is 5.27. The summed E-state index contributed by atoms with van der Waals surface area (Å²) in [5, 5.41) is 9.02. The van der Waals surface area contributed by atoms with E-state index in [9.17, 15) is 4.39 Å². The van der Waals surface area contributed by atoms with Crippen molar-refractivity contribution >= 4 is 5.69 Å². The first-order valence-electron chi connectivity index (χ1n) is 5.31. The molecule has 1 aromatic carbocycles. The van der Waals surface area contributed by atoms with Crippen molar-refractivity contribution in [3.63, 3.8) is 0 Å². The summed E-state index contributed by atoms with van der Waals surface area (Å²) in [7, 11) is 1.88. The fraction of sp³-hybridized carbons (Fsp3) is 0.500. The Morgan fingerprint density at radius 1 is 1.50 bits per heavy atom. The molecule has 0 heterocycles. The number of aliphatic hydroxyl groups excluding tert-OH is 1. The van der Waals surface area contributed by atoms with Crippen LogP contribution in [0.5, 0.6) is 0 Å². The Morgan fingerprint density at radius 3 is 2.75 bits per heavy atom. The summed E-state index contributed by atoms with van der Waals surface area (Å²) in [4.78, 5) is 1.92. The van der Waals surface area contributed by atoms with Gasteiger partial charge in [0.25, 0.3) is 0 Å². The first-order valence-corrected chi connectivity index (χ1v) is 5.31. The molecule has 4 heteroatoms. The summed E-state index contributed by atoms with van der Waals surface area (Å²) in [6.07, 6.45) is 0.649. The van der Waals surface area contributed by atoms with Crippen molar-refractivity contribution in [1.82, 2.24) is 0 Å². The summed E-state index contributed by atoms with van der Waals surface area (Å²) < 4.78 is 13.0. The first kappa shape index (κ1) is 12.9. The third-order valence-corrected chi connectivity index (χ3v) is 2.63. The third kappa shape index (κ3) is 3.79. The van der Waals surface area contributed by atoms with Gasteiger partial charge in [-0.1, -0.05) is 6.07 Å². The monoisotopic (exact) mass is 226 g/mol. The standard InChI is InChI=1S/C12H19FN2O/c1-12(14,9-16)6-7-15(2)11-5-3-4-10(13)8-11/h3-5,8,16H,6-7,9,14H2,1-2H3. The van der Waals surface area contributed by atoms with Gasteiger partial charge >= 0.3 is 0 Å². The summed E-state index contributed by atoms with van der Waals surface area (Å²) in [5.41, 5.74) is 6.05. The van der Waals surface area contributed by atoms with Crippen LogP contribution in [0.2, 0.25) is 0 Å². The number of halogens is 1. The van der Waals surface area contributed by atoms with Crippen LogP contribution >= 0.6 is 0 Å². The van der Waals surface area contributed by atoms with Gasteiger partial charge < -0.3 is 15.7 Å². The smallest absolute Gasteiger partial charge is 0.125 e. The predicted octanol–water partition coefficient (Wildman–Crippen LogP) is 1.36. The van der Waals surface area contributed by atoms with Crippen molar-refractivity contribution in [2.24, 2.45) is 5.73 Å². The van der Waals surface area contributed by atoms with Crippen LogP contribution in [0.15, 0.2) is 24.3 Å². The zero-order valence-electron chi connectivity index (χ0n) is 9.78. The summed E-state index contributed by atoms with van der Waals surface area (Å²) >= 11 is 0. The molecule has 1 aromatic rings. The van der Waals surface area contributed by atoms with Crippen LogP contribution in [0.25, 0.3) is 0 Å². The van der Waals surface area contributed by atoms with Crippen molar-refractivity contribution in [1.29, 1.82) is 0 Å². The van der Waals surface area contributed by atoms with Gasteiger partial charge in [0, 0.05) is 24.8 Å². The van der Waals surface area contributed by atoms with Gasteiger partial charge in [0.1, 0.15) is 5.82 Å². The number of benzene rings is 1. The van der Waals surface area contributed by atoms with E-state index in [0.29, 0.717) is 13.0 Å². The van der Waals surface area contributed by atoms with Gasteiger partial charge in [-0.2, -0.15) is 0 Å². The number of nitrogens with zero attached hydrogens (tertiary/aromatic N) is 1. The van der Waals surface area contributed by atoms with E-state index < -0.39 is 5.54 Å². The molecule has 0 aliphatic carbocycles. The Kier molecular flexibility index (Phi) is 4.26. The molecule has 1 rings (SSSR count). The van der Waals surface area contributed by atoms with Crippen molar-refractivity contribution in [2.75, 3.05) is 25.1 Å². The maximum Gasteiger partial charge on any atom is 0.125 e. The van der Waals surface area contributed by atoms with Crippen molar-refractivity contribution in [3.05, 3.63) is 30.1 Å². The molecule has 90 valence electrons. The summed E-state index contributed by atoms with van der Waals surface area (Å²) in [6, 6.07) is 6.41. The molecule has 3 nitrogen and oxygen atoms in total. The highest BCUT2D eigenvalue weighted by molar-refractivity contribution is 5.45. The Bertz CT molecular complexity index is 342. The van der Waals surface area contributed by atoms with Gasteiger partial charge in [-0.15, -0.1) is 0 Å². The Hall–Kier alpha value is -1.13. The number of hydrogen-bond acceptors (Lipinski definition) is 3. The van der Waals surface area contributed by atoms with E-state index in [1.165, 1.54) is 12.1 Å².